The fourth-order valence-corrected chi connectivity index (χ4v) is 7.88. The van der Waals surface area contributed by atoms with Crippen molar-refractivity contribution in [3.05, 3.63) is 72.9 Å². The summed E-state index contributed by atoms with van der Waals surface area (Å²) in [6, 6.07) is 0. The summed E-state index contributed by atoms with van der Waals surface area (Å²) in [5.74, 6) is -0.959. The van der Waals surface area contributed by atoms with Crippen LogP contribution in [0.15, 0.2) is 72.9 Å². The molecule has 0 spiro atoms. The molecule has 0 radical (unpaired) electrons. The SMILES string of the molecule is CCCCC/C=C\C/C=C\C/C=C\C/C=C\CCCC(=O)OC[C@H](COC(=O)CCCCCCC/C=C\C/C=C\CCCCC)OC(=O)CCCCCCCCCCCCCCCCCCC. The summed E-state index contributed by atoms with van der Waals surface area (Å²) in [4.78, 5) is 38.1. The molecule has 6 nitrogen and oxygen atoms in total. The van der Waals surface area contributed by atoms with Gasteiger partial charge in [-0.25, -0.2) is 0 Å². The van der Waals surface area contributed by atoms with Crippen molar-refractivity contribution in [2.45, 2.75) is 284 Å². The van der Waals surface area contributed by atoms with Crippen LogP contribution >= 0.6 is 0 Å². The van der Waals surface area contributed by atoms with E-state index in [1.165, 1.54) is 141 Å². The molecule has 67 heavy (non-hydrogen) atoms. The van der Waals surface area contributed by atoms with Crippen molar-refractivity contribution in [3.8, 4) is 0 Å². The minimum Gasteiger partial charge on any atom is -0.462 e. The molecular weight excluding hydrogens is 829 g/mol. The highest BCUT2D eigenvalue weighted by Gasteiger charge is 2.19. The first-order valence-corrected chi connectivity index (χ1v) is 28.4. The van der Waals surface area contributed by atoms with Gasteiger partial charge in [-0.05, 0) is 89.9 Å². The molecule has 0 unspecified atom stereocenters. The van der Waals surface area contributed by atoms with E-state index < -0.39 is 6.10 Å². The molecule has 0 aromatic rings. The molecule has 0 saturated heterocycles. The second-order valence-electron chi connectivity index (χ2n) is 18.8. The average Bonchev–Trinajstić information content (AvgIpc) is 3.33. The van der Waals surface area contributed by atoms with Crippen molar-refractivity contribution in [3.63, 3.8) is 0 Å². The minimum absolute atomic E-state index is 0.0978. The zero-order valence-electron chi connectivity index (χ0n) is 44.2. The van der Waals surface area contributed by atoms with E-state index in [9.17, 15) is 14.4 Å². The van der Waals surface area contributed by atoms with E-state index in [4.69, 9.17) is 14.2 Å². The van der Waals surface area contributed by atoms with E-state index >= 15 is 0 Å². The summed E-state index contributed by atoms with van der Waals surface area (Å²) in [5.41, 5.74) is 0. The zero-order chi connectivity index (χ0) is 48.6. The van der Waals surface area contributed by atoms with Crippen LogP contribution < -0.4 is 0 Å². The quantitative estimate of drug-likeness (QED) is 0.0262. The predicted octanol–water partition coefficient (Wildman–Crippen LogP) is 19.0. The van der Waals surface area contributed by atoms with Gasteiger partial charge < -0.3 is 14.2 Å². The summed E-state index contributed by atoms with van der Waals surface area (Å²) < 4.78 is 16.8. The van der Waals surface area contributed by atoms with E-state index in [-0.39, 0.29) is 37.5 Å². The Morgan fingerprint density at radius 2 is 0.552 bits per heavy atom. The van der Waals surface area contributed by atoms with Crippen molar-refractivity contribution < 1.29 is 28.6 Å². The molecular formula is C61H106O6. The number of rotatable bonds is 51. The third-order valence-electron chi connectivity index (χ3n) is 12.2. The lowest BCUT2D eigenvalue weighted by Gasteiger charge is -2.18. The van der Waals surface area contributed by atoms with Gasteiger partial charge in [-0.2, -0.15) is 0 Å². The molecule has 0 aliphatic carbocycles. The summed E-state index contributed by atoms with van der Waals surface area (Å²) in [6.07, 6.45) is 70.3. The Morgan fingerprint density at radius 1 is 0.299 bits per heavy atom. The van der Waals surface area contributed by atoms with E-state index in [2.05, 4.69) is 93.7 Å². The molecule has 0 heterocycles. The van der Waals surface area contributed by atoms with E-state index in [1.54, 1.807) is 0 Å². The van der Waals surface area contributed by atoms with Crippen LogP contribution in [0.25, 0.3) is 0 Å². The second-order valence-corrected chi connectivity index (χ2v) is 18.8. The lowest BCUT2D eigenvalue weighted by molar-refractivity contribution is -0.167. The average molecular weight is 936 g/mol. The Labute approximate surface area is 414 Å². The maximum atomic E-state index is 12.8. The molecule has 6 heteroatoms. The van der Waals surface area contributed by atoms with Gasteiger partial charge in [0, 0.05) is 19.3 Å². The molecule has 0 aromatic carbocycles. The van der Waals surface area contributed by atoms with Crippen LogP contribution in [-0.4, -0.2) is 37.2 Å². The van der Waals surface area contributed by atoms with E-state index in [0.717, 1.165) is 89.9 Å². The molecule has 0 N–H and O–H groups in total. The van der Waals surface area contributed by atoms with Crippen LogP contribution in [0.2, 0.25) is 0 Å². The lowest BCUT2D eigenvalue weighted by atomic mass is 10.0. The topological polar surface area (TPSA) is 78.9 Å². The fourth-order valence-electron chi connectivity index (χ4n) is 7.88. The van der Waals surface area contributed by atoms with Gasteiger partial charge in [0.25, 0.3) is 0 Å². The normalized spacial score (nSPS) is 12.6. The maximum Gasteiger partial charge on any atom is 0.306 e. The van der Waals surface area contributed by atoms with Gasteiger partial charge >= 0.3 is 17.9 Å². The summed E-state index contributed by atoms with van der Waals surface area (Å²) >= 11 is 0. The van der Waals surface area contributed by atoms with Gasteiger partial charge in [-0.15, -0.1) is 0 Å². The van der Waals surface area contributed by atoms with Crippen molar-refractivity contribution in [2.24, 2.45) is 0 Å². The third kappa shape index (κ3) is 53.7. The molecule has 0 aliphatic heterocycles. The summed E-state index contributed by atoms with van der Waals surface area (Å²) in [5, 5.41) is 0. The number of allylic oxidation sites excluding steroid dienone is 12. The predicted molar refractivity (Wildman–Crippen MR) is 288 cm³/mol. The first-order valence-electron chi connectivity index (χ1n) is 28.4. The molecule has 0 aliphatic rings. The summed E-state index contributed by atoms with van der Waals surface area (Å²) in [7, 11) is 0. The Morgan fingerprint density at radius 3 is 0.925 bits per heavy atom. The number of hydrogen-bond acceptors (Lipinski definition) is 6. The first-order chi connectivity index (χ1) is 33.0. The Hall–Kier alpha value is -3.15. The van der Waals surface area contributed by atoms with Gasteiger partial charge in [0.15, 0.2) is 6.10 Å². The van der Waals surface area contributed by atoms with E-state index in [1.807, 2.05) is 0 Å². The summed E-state index contributed by atoms with van der Waals surface area (Å²) in [6.45, 7) is 6.55. The molecule has 386 valence electrons. The van der Waals surface area contributed by atoms with Crippen LogP contribution in [0.4, 0.5) is 0 Å². The molecule has 0 rings (SSSR count). The molecule has 0 saturated carbocycles. The third-order valence-corrected chi connectivity index (χ3v) is 12.2. The molecule has 0 amide bonds. The van der Waals surface area contributed by atoms with Crippen LogP contribution in [-0.2, 0) is 28.6 Å². The highest BCUT2D eigenvalue weighted by molar-refractivity contribution is 5.71. The highest BCUT2D eigenvalue weighted by Crippen LogP contribution is 2.16. The smallest absolute Gasteiger partial charge is 0.306 e. The lowest BCUT2D eigenvalue weighted by Crippen LogP contribution is -2.30. The largest absolute Gasteiger partial charge is 0.462 e. The van der Waals surface area contributed by atoms with Gasteiger partial charge in [0.1, 0.15) is 13.2 Å². The standard InChI is InChI=1S/C61H106O6/c1-4-7-10-13-16-19-22-25-28-30-33-36-39-42-45-48-51-54-60(63)66-57-58(56-65-59(62)53-50-47-44-41-38-35-32-27-24-21-18-15-12-9-6-3)67-61(64)55-52-49-46-43-40-37-34-31-29-26-23-20-17-14-11-8-5-2/h16,18-19,21,25,27-28,32-33,36,42,45,58H,4-15,17,20,22-24,26,29-31,34-35,37-41,43-44,46-57H2,1-3H3/b19-16-,21-18-,28-25-,32-27-,36-33-,45-42-/t58-/m0/s1. The number of carbonyl (C=O) groups is 3. The van der Waals surface area contributed by atoms with Gasteiger partial charge in [0.05, 0.1) is 0 Å². The van der Waals surface area contributed by atoms with Crippen LogP contribution in [0.5, 0.6) is 0 Å². The number of esters is 3. The Kier molecular flexibility index (Phi) is 52.8. The van der Waals surface area contributed by atoms with Crippen molar-refractivity contribution in [1.82, 2.24) is 0 Å². The van der Waals surface area contributed by atoms with Crippen LogP contribution in [0.3, 0.4) is 0 Å². The molecule has 0 fully saturated rings. The van der Waals surface area contributed by atoms with Crippen molar-refractivity contribution in [1.29, 1.82) is 0 Å². The van der Waals surface area contributed by atoms with Gasteiger partial charge in [-0.3, -0.25) is 14.4 Å². The monoisotopic (exact) mass is 935 g/mol. The molecule has 0 bridgehead atoms. The van der Waals surface area contributed by atoms with Crippen molar-refractivity contribution >= 4 is 17.9 Å². The van der Waals surface area contributed by atoms with E-state index in [0.29, 0.717) is 19.3 Å². The van der Waals surface area contributed by atoms with Crippen LogP contribution in [0, 0.1) is 0 Å². The number of unbranched alkanes of at least 4 members (excludes halogenated alkanes) is 28. The fraction of sp³-hybridized carbons (Fsp3) is 0.754. The molecule has 0 aromatic heterocycles. The number of carbonyl (C=O) groups excluding carboxylic acids is 3. The first kappa shape index (κ1) is 63.8. The Bertz CT molecular complexity index is 1260. The van der Waals surface area contributed by atoms with Gasteiger partial charge in [-0.1, -0.05) is 241 Å². The van der Waals surface area contributed by atoms with Gasteiger partial charge in [0.2, 0.25) is 0 Å². The van der Waals surface area contributed by atoms with Crippen molar-refractivity contribution in [2.75, 3.05) is 13.2 Å². The maximum absolute atomic E-state index is 12.8. The Balaban J connectivity index is 4.47. The second kappa shape index (κ2) is 55.4. The highest BCUT2D eigenvalue weighted by atomic mass is 16.6. The minimum atomic E-state index is -0.802. The number of hydrogen-bond donors (Lipinski definition) is 0. The molecule has 1 atom stereocenters. The number of ether oxygens (including phenoxy) is 3. The zero-order valence-corrected chi connectivity index (χ0v) is 44.2. The van der Waals surface area contributed by atoms with Crippen LogP contribution in [0.1, 0.15) is 278 Å².